The molecule has 11 nitrogen and oxygen atoms in total. The number of likely N-dealkylation sites (tertiary alicyclic amines) is 1. The first-order chi connectivity index (χ1) is 22.5. The van der Waals surface area contributed by atoms with E-state index in [0.717, 1.165) is 31.7 Å². The van der Waals surface area contributed by atoms with Gasteiger partial charge in [-0.25, -0.2) is 4.79 Å². The number of fused-ring (bicyclic) bond motifs is 9. The number of ether oxygens (including phenoxy) is 2. The van der Waals surface area contributed by atoms with E-state index in [9.17, 15) is 29.1 Å². The summed E-state index contributed by atoms with van der Waals surface area (Å²) < 4.78 is 11.5. The monoisotopic (exact) mass is 697 g/mol. The summed E-state index contributed by atoms with van der Waals surface area (Å²) in [7, 11) is 1.51. The summed E-state index contributed by atoms with van der Waals surface area (Å²) in [6.07, 6.45) is 0.680. The molecule has 0 radical (unpaired) electrons. The fraction of sp³-hybridized carbons (Fsp3) is 0.424. The maximum atomic E-state index is 13.9. The Bertz CT molecular complexity index is 1840. The minimum Gasteiger partial charge on any atom is -0.493 e. The lowest BCUT2D eigenvalue weighted by atomic mass is 9.68. The molecule has 2 aliphatic carbocycles. The van der Waals surface area contributed by atoms with Crippen molar-refractivity contribution < 1.29 is 33.8 Å². The molecule has 2 aromatic carbocycles. The van der Waals surface area contributed by atoms with Crippen molar-refractivity contribution in [1.82, 2.24) is 9.88 Å². The van der Waals surface area contributed by atoms with Crippen LogP contribution in [-0.2, 0) is 19.2 Å². The van der Waals surface area contributed by atoms with Crippen molar-refractivity contribution in [3.05, 3.63) is 67.6 Å². The third kappa shape index (κ3) is 5.23. The van der Waals surface area contributed by atoms with Crippen molar-refractivity contribution in [1.29, 1.82) is 0 Å². The van der Waals surface area contributed by atoms with E-state index in [-0.39, 0.29) is 46.3 Å². The number of thioether (sulfide) groups is 1. The van der Waals surface area contributed by atoms with Crippen LogP contribution < -0.4 is 19.7 Å². The Balaban J connectivity index is 1.18. The van der Waals surface area contributed by atoms with Crippen LogP contribution in [0.1, 0.15) is 36.6 Å². The van der Waals surface area contributed by atoms with Gasteiger partial charge in [-0.05, 0) is 72.1 Å². The summed E-state index contributed by atoms with van der Waals surface area (Å²) in [4.78, 5) is 69.8. The molecule has 2 saturated carbocycles. The number of methoxy groups -OCH3 is 1. The summed E-state index contributed by atoms with van der Waals surface area (Å²) >= 11 is 8.62. The Hall–Kier alpha value is -3.81. The maximum absolute atomic E-state index is 13.9. The lowest BCUT2D eigenvalue weighted by Crippen LogP contribution is -2.49. The van der Waals surface area contributed by atoms with E-state index in [4.69, 9.17) is 21.1 Å². The normalized spacial score (nSPS) is 27.8. The Morgan fingerprint density at radius 1 is 1.06 bits per heavy atom. The number of aromatic amines is 1. The van der Waals surface area contributed by atoms with Gasteiger partial charge >= 0.3 is 10.8 Å². The number of amides is 3. The molecule has 3 N–H and O–H groups in total. The second-order valence-corrected chi connectivity index (χ2v) is 15.4. The van der Waals surface area contributed by atoms with Gasteiger partial charge in [0.05, 0.1) is 24.0 Å². The lowest BCUT2D eigenvalue weighted by Gasteiger charge is -2.43. The molecular formula is C33H32ClN3O8S2. The molecule has 0 spiro atoms. The van der Waals surface area contributed by atoms with Crippen LogP contribution in [0.3, 0.4) is 0 Å². The van der Waals surface area contributed by atoms with Crippen LogP contribution in [0.4, 0.5) is 5.69 Å². The number of aromatic nitrogens is 1. The zero-order valence-corrected chi connectivity index (χ0v) is 28.0. The predicted molar refractivity (Wildman–Crippen MR) is 175 cm³/mol. The minimum atomic E-state index is -1.21. The number of nitrogens with one attached hydrogen (secondary N) is 2. The highest BCUT2D eigenvalue weighted by molar-refractivity contribution is 8.00. The highest BCUT2D eigenvalue weighted by Gasteiger charge is 2.70. The lowest BCUT2D eigenvalue weighted by molar-refractivity contribution is -0.157. The number of nitrogens with zero attached hydrogens (tertiary/aromatic N) is 1. The molecule has 3 amide bonds. The number of imide groups is 1. The number of thiazole rings is 1. The molecule has 1 aromatic heterocycles. The number of carboxylic acid groups (broad SMARTS) is 1. The summed E-state index contributed by atoms with van der Waals surface area (Å²) in [5.74, 6) is -3.83. The van der Waals surface area contributed by atoms with Crippen molar-refractivity contribution in [3.63, 3.8) is 0 Å². The average molecular weight is 698 g/mol. The summed E-state index contributed by atoms with van der Waals surface area (Å²) in [6.45, 7) is 3.14. The van der Waals surface area contributed by atoms with Gasteiger partial charge in [-0.15, -0.1) is 11.8 Å². The number of benzene rings is 2. The third-order valence-electron chi connectivity index (χ3n) is 9.95. The Labute approximate surface area is 283 Å². The quantitative estimate of drug-likeness (QED) is 0.270. The molecule has 1 saturated heterocycles. The molecule has 7 rings (SSSR count). The van der Waals surface area contributed by atoms with Crippen LogP contribution in [0, 0.1) is 35.5 Å². The fourth-order valence-corrected chi connectivity index (χ4v) is 11.3. The number of H-pyrrole nitrogens is 1. The first-order valence-electron chi connectivity index (χ1n) is 15.3. The molecule has 47 heavy (non-hydrogen) atoms. The van der Waals surface area contributed by atoms with Gasteiger partial charge in [0.2, 0.25) is 11.8 Å². The number of anilines is 1. The molecule has 2 bridgehead atoms. The zero-order chi connectivity index (χ0) is 33.3. The van der Waals surface area contributed by atoms with E-state index < -0.39 is 41.6 Å². The van der Waals surface area contributed by atoms with Gasteiger partial charge in [0.15, 0.2) is 18.1 Å². The third-order valence-corrected chi connectivity index (χ3v) is 12.8. The minimum absolute atomic E-state index is 0.0542. The molecule has 3 heterocycles. The Morgan fingerprint density at radius 3 is 2.43 bits per heavy atom. The van der Waals surface area contributed by atoms with Gasteiger partial charge in [-0.1, -0.05) is 42.9 Å². The van der Waals surface area contributed by atoms with Crippen LogP contribution in [0.5, 0.6) is 11.5 Å². The van der Waals surface area contributed by atoms with Crippen molar-refractivity contribution in [2.75, 3.05) is 19.0 Å². The smallest absolute Gasteiger partial charge is 0.327 e. The Kier molecular flexibility index (Phi) is 8.12. The van der Waals surface area contributed by atoms with Gasteiger partial charge < -0.3 is 24.9 Å². The molecule has 4 aliphatic rings. The molecule has 246 valence electrons. The van der Waals surface area contributed by atoms with Crippen LogP contribution in [0.25, 0.3) is 0 Å². The number of carbonyl (C=O) groups is 4. The van der Waals surface area contributed by atoms with Crippen LogP contribution in [-0.4, -0.2) is 63.7 Å². The predicted octanol–water partition coefficient (Wildman–Crippen LogP) is 4.70. The van der Waals surface area contributed by atoms with Crippen molar-refractivity contribution >= 4 is 64.1 Å². The molecular weight excluding hydrogens is 666 g/mol. The summed E-state index contributed by atoms with van der Waals surface area (Å²) in [5, 5.41) is 14.0. The van der Waals surface area contributed by atoms with E-state index in [2.05, 4.69) is 10.3 Å². The number of aliphatic carboxylic acids is 1. The molecule has 7 unspecified atom stereocenters. The van der Waals surface area contributed by atoms with Gasteiger partial charge in [0, 0.05) is 26.8 Å². The van der Waals surface area contributed by atoms with Crippen LogP contribution in [0.15, 0.2) is 52.3 Å². The zero-order valence-electron chi connectivity index (χ0n) is 25.6. The van der Waals surface area contributed by atoms with E-state index in [0.29, 0.717) is 28.6 Å². The highest BCUT2D eigenvalue weighted by atomic mass is 35.5. The molecule has 3 fully saturated rings. The fourth-order valence-electron chi connectivity index (χ4n) is 8.25. The first kappa shape index (κ1) is 31.8. The number of carbonyl (C=O) groups excluding carboxylic acids is 3. The van der Waals surface area contributed by atoms with E-state index in [1.807, 2.05) is 12.1 Å². The largest absolute Gasteiger partial charge is 0.493 e. The van der Waals surface area contributed by atoms with E-state index in [1.165, 1.54) is 7.11 Å². The summed E-state index contributed by atoms with van der Waals surface area (Å²) in [5.41, 5.74) is 1.44. The topological polar surface area (TPSA) is 155 Å². The van der Waals surface area contributed by atoms with Crippen LogP contribution >= 0.6 is 34.7 Å². The van der Waals surface area contributed by atoms with Crippen molar-refractivity contribution in [2.45, 2.75) is 42.5 Å². The molecule has 3 aromatic rings. The van der Waals surface area contributed by atoms with Crippen molar-refractivity contribution in [3.8, 4) is 11.5 Å². The van der Waals surface area contributed by atoms with Gasteiger partial charge in [-0.3, -0.25) is 24.1 Å². The number of rotatable bonds is 9. The Morgan fingerprint density at radius 2 is 1.77 bits per heavy atom. The van der Waals surface area contributed by atoms with E-state index >= 15 is 0 Å². The van der Waals surface area contributed by atoms with Gasteiger partial charge in [0.25, 0.3) is 5.91 Å². The van der Waals surface area contributed by atoms with Gasteiger partial charge in [0.1, 0.15) is 6.04 Å². The number of halogens is 1. The summed E-state index contributed by atoms with van der Waals surface area (Å²) in [6, 6.07) is 11.0. The van der Waals surface area contributed by atoms with Crippen LogP contribution in [0.2, 0.25) is 5.02 Å². The second-order valence-electron chi connectivity index (χ2n) is 12.8. The standard InChI is InChI=1S/C33H32ClN3O8S2/c1-13(2)26(32(41)42)37-30(39)24-17-11-18(25(24)31(37)40)27-23(17)22(28-29(46-27)36-33(43)47-28)14-4-9-19(20(10-14)44-3)45-12-21(38)35-16-7-5-15(34)6-8-16/h4-10,13,17-18,22-27H,11-12H2,1-3H3,(H,35,38)(H,36,43)(H,41,42)/t17?,18?,22-,23?,24?,25?,26?,27?/m1/s1. The average Bonchev–Trinajstić information content (AvgIpc) is 3.77. The maximum Gasteiger partial charge on any atom is 0.327 e. The van der Waals surface area contributed by atoms with E-state index in [1.54, 1.807) is 55.9 Å². The van der Waals surface area contributed by atoms with Gasteiger partial charge in [-0.2, -0.15) is 0 Å². The number of carboxylic acids is 1. The molecule has 14 heteroatoms. The number of hydrogen-bond acceptors (Lipinski definition) is 9. The SMILES string of the molecule is COc1cc([C@H]2c3sc(=O)[nH]c3SC3C4CC(C5C(=O)N(C(C(=O)O)C(C)C)C(=O)C45)C32)ccc1OCC(=O)Nc1ccc(Cl)cc1. The van der Waals surface area contributed by atoms with Crippen molar-refractivity contribution in [2.24, 2.45) is 35.5 Å². The first-order valence-corrected chi connectivity index (χ1v) is 17.4. The second kappa shape index (κ2) is 12.0. The number of hydrogen-bond donors (Lipinski definition) is 3. The molecule has 2 aliphatic heterocycles. The highest BCUT2D eigenvalue weighted by Crippen LogP contribution is 2.68. The molecule has 8 atom stereocenters.